The van der Waals surface area contributed by atoms with Gasteiger partial charge >= 0.3 is 12.5 Å². The van der Waals surface area contributed by atoms with Gasteiger partial charge in [0.25, 0.3) is 0 Å². The fourth-order valence-electron chi connectivity index (χ4n) is 4.79. The molecule has 0 saturated carbocycles. The lowest BCUT2D eigenvalue weighted by Crippen LogP contribution is -2.54. The summed E-state index contributed by atoms with van der Waals surface area (Å²) in [6, 6.07) is 14.8. The van der Waals surface area contributed by atoms with Gasteiger partial charge in [-0.05, 0) is 48.9 Å². The van der Waals surface area contributed by atoms with Crippen LogP contribution in [0.1, 0.15) is 36.8 Å². The van der Waals surface area contributed by atoms with Crippen molar-refractivity contribution >= 4 is 6.09 Å². The van der Waals surface area contributed by atoms with Crippen molar-refractivity contribution in [2.24, 2.45) is 0 Å². The van der Waals surface area contributed by atoms with Gasteiger partial charge in [0, 0.05) is 18.5 Å². The average molecular weight is 435 g/mol. The van der Waals surface area contributed by atoms with Crippen LogP contribution in [0.4, 0.5) is 18.0 Å². The highest BCUT2D eigenvalue weighted by Crippen LogP contribution is 2.43. The Balaban J connectivity index is 1.39. The molecule has 31 heavy (non-hydrogen) atoms. The van der Waals surface area contributed by atoms with Crippen LogP contribution in [0.3, 0.4) is 0 Å². The predicted octanol–water partition coefficient (Wildman–Crippen LogP) is 4.82. The first-order chi connectivity index (χ1) is 14.7. The molecular weight excluding hydrogens is 411 g/mol. The van der Waals surface area contributed by atoms with Gasteiger partial charge in [-0.25, -0.2) is 4.79 Å². The highest BCUT2D eigenvalue weighted by molar-refractivity contribution is 5.69. The number of amides is 1. The highest BCUT2D eigenvalue weighted by Gasteiger charge is 2.49. The van der Waals surface area contributed by atoms with Crippen molar-refractivity contribution in [2.75, 3.05) is 0 Å². The summed E-state index contributed by atoms with van der Waals surface area (Å²) in [6.45, 7) is 0.186. The molecular formula is C23H24F3NO4. The van der Waals surface area contributed by atoms with Crippen molar-refractivity contribution in [3.05, 3.63) is 65.7 Å². The quantitative estimate of drug-likeness (QED) is 0.732. The number of halogens is 3. The number of carbonyl (C=O) groups is 1. The molecule has 2 atom stereocenters. The second-order valence-corrected chi connectivity index (χ2v) is 8.34. The SMILES string of the molecule is O=C(OCc1ccccc1)N1C2CCC1CC(O)(Cc1cccc(OC(F)(F)F)c1)C2. The third-order valence-electron chi connectivity index (χ3n) is 5.93. The van der Waals surface area contributed by atoms with Crippen molar-refractivity contribution in [2.45, 2.75) is 62.8 Å². The Morgan fingerprint density at radius 1 is 1.03 bits per heavy atom. The largest absolute Gasteiger partial charge is 0.573 e. The lowest BCUT2D eigenvalue weighted by atomic mass is 9.81. The molecule has 2 aromatic carbocycles. The smallest absolute Gasteiger partial charge is 0.445 e. The summed E-state index contributed by atoms with van der Waals surface area (Å²) in [7, 11) is 0. The van der Waals surface area contributed by atoms with Crippen molar-refractivity contribution in [3.8, 4) is 5.75 Å². The molecule has 2 fully saturated rings. The molecule has 5 nitrogen and oxygen atoms in total. The third kappa shape index (κ3) is 5.31. The maximum absolute atomic E-state index is 12.7. The molecule has 2 saturated heterocycles. The van der Waals surface area contributed by atoms with Gasteiger partial charge in [0.15, 0.2) is 0 Å². The summed E-state index contributed by atoms with van der Waals surface area (Å²) < 4.78 is 46.9. The molecule has 166 valence electrons. The Morgan fingerprint density at radius 3 is 2.32 bits per heavy atom. The topological polar surface area (TPSA) is 59.0 Å². The Labute approximate surface area is 178 Å². The van der Waals surface area contributed by atoms with Gasteiger partial charge in [-0.1, -0.05) is 42.5 Å². The summed E-state index contributed by atoms with van der Waals surface area (Å²) in [5, 5.41) is 11.2. The predicted molar refractivity (Wildman–Crippen MR) is 106 cm³/mol. The number of piperidine rings is 1. The van der Waals surface area contributed by atoms with Crippen molar-refractivity contribution in [1.82, 2.24) is 4.90 Å². The molecule has 4 rings (SSSR count). The van der Waals surface area contributed by atoms with Crippen LogP contribution in [0.5, 0.6) is 5.75 Å². The first kappa shape index (κ1) is 21.5. The van der Waals surface area contributed by atoms with E-state index in [0.717, 1.165) is 18.4 Å². The molecule has 0 aromatic heterocycles. The number of nitrogens with zero attached hydrogens (tertiary/aromatic N) is 1. The van der Waals surface area contributed by atoms with E-state index >= 15 is 0 Å². The minimum atomic E-state index is -4.76. The van der Waals surface area contributed by atoms with Gasteiger partial charge in [-0.3, -0.25) is 0 Å². The monoisotopic (exact) mass is 435 g/mol. The zero-order valence-corrected chi connectivity index (χ0v) is 16.8. The van der Waals surface area contributed by atoms with Crippen LogP contribution in [-0.4, -0.2) is 40.1 Å². The lowest BCUT2D eigenvalue weighted by molar-refractivity contribution is -0.274. The summed E-state index contributed by atoms with van der Waals surface area (Å²) in [5.74, 6) is -0.307. The Hall–Kier alpha value is -2.74. The Morgan fingerprint density at radius 2 is 1.68 bits per heavy atom. The highest BCUT2D eigenvalue weighted by atomic mass is 19.4. The van der Waals surface area contributed by atoms with E-state index in [1.54, 1.807) is 11.0 Å². The molecule has 2 aliphatic rings. The van der Waals surface area contributed by atoms with Gasteiger partial charge in [0.2, 0.25) is 0 Å². The maximum atomic E-state index is 12.7. The van der Waals surface area contributed by atoms with Crippen molar-refractivity contribution in [1.29, 1.82) is 0 Å². The molecule has 0 aliphatic carbocycles. The number of hydrogen-bond acceptors (Lipinski definition) is 4. The van der Waals surface area contributed by atoms with E-state index in [1.165, 1.54) is 18.2 Å². The van der Waals surface area contributed by atoms with Crippen LogP contribution in [0.25, 0.3) is 0 Å². The van der Waals surface area contributed by atoms with Gasteiger partial charge in [0.05, 0.1) is 5.60 Å². The lowest BCUT2D eigenvalue weighted by Gasteiger charge is -2.43. The number of fused-ring (bicyclic) bond motifs is 2. The minimum Gasteiger partial charge on any atom is -0.445 e. The van der Waals surface area contributed by atoms with Crippen LogP contribution >= 0.6 is 0 Å². The molecule has 2 unspecified atom stereocenters. The standard InChI is InChI=1S/C23H24F3NO4/c24-23(25,26)31-20-8-4-7-17(11-20)12-22(29)13-18-9-10-19(14-22)27(18)21(28)30-15-16-5-2-1-3-6-16/h1-8,11,18-19,29H,9-10,12-15H2. The average Bonchev–Trinajstić information content (AvgIpc) is 2.98. The van der Waals surface area contributed by atoms with Crippen LogP contribution in [0, 0.1) is 0 Å². The third-order valence-corrected chi connectivity index (χ3v) is 5.93. The maximum Gasteiger partial charge on any atom is 0.573 e. The van der Waals surface area contributed by atoms with E-state index in [0.29, 0.717) is 18.4 Å². The van der Waals surface area contributed by atoms with Crippen LogP contribution in [-0.2, 0) is 17.8 Å². The number of aliphatic hydroxyl groups is 1. The number of alkyl halides is 3. The summed E-state index contributed by atoms with van der Waals surface area (Å²) in [6.07, 6.45) is -2.71. The molecule has 0 radical (unpaired) electrons. The number of rotatable bonds is 5. The Bertz CT molecular complexity index is 905. The Kier molecular flexibility index (Phi) is 5.83. The number of benzene rings is 2. The van der Waals surface area contributed by atoms with Crippen molar-refractivity contribution < 1.29 is 32.5 Å². The molecule has 8 heteroatoms. The molecule has 2 aliphatic heterocycles. The molecule has 1 N–H and O–H groups in total. The van der Waals surface area contributed by atoms with E-state index in [-0.39, 0.29) is 37.0 Å². The summed E-state index contributed by atoms with van der Waals surface area (Å²) >= 11 is 0. The van der Waals surface area contributed by atoms with Crippen molar-refractivity contribution in [3.63, 3.8) is 0 Å². The summed E-state index contributed by atoms with van der Waals surface area (Å²) in [4.78, 5) is 14.4. The number of ether oxygens (including phenoxy) is 2. The van der Waals surface area contributed by atoms with Gasteiger partial charge < -0.3 is 19.5 Å². The van der Waals surface area contributed by atoms with E-state index in [9.17, 15) is 23.1 Å². The molecule has 2 heterocycles. The van der Waals surface area contributed by atoms with Crippen LogP contribution in [0.15, 0.2) is 54.6 Å². The number of hydrogen-bond donors (Lipinski definition) is 1. The normalized spacial score (nSPS) is 25.4. The first-order valence-corrected chi connectivity index (χ1v) is 10.3. The van der Waals surface area contributed by atoms with Gasteiger partial charge in [-0.2, -0.15) is 0 Å². The molecule has 1 amide bonds. The fraction of sp³-hybridized carbons (Fsp3) is 0.435. The van der Waals surface area contributed by atoms with E-state index in [2.05, 4.69) is 4.74 Å². The molecule has 2 bridgehead atoms. The first-order valence-electron chi connectivity index (χ1n) is 10.3. The zero-order valence-electron chi connectivity index (χ0n) is 16.8. The molecule has 2 aromatic rings. The second kappa shape index (κ2) is 8.42. The summed E-state index contributed by atoms with van der Waals surface area (Å²) in [5.41, 5.74) is 0.361. The second-order valence-electron chi connectivity index (χ2n) is 8.34. The zero-order chi connectivity index (χ0) is 22.1. The molecule has 0 spiro atoms. The van der Waals surface area contributed by atoms with E-state index in [1.807, 2.05) is 30.3 Å². The van der Waals surface area contributed by atoms with Crippen LogP contribution in [0.2, 0.25) is 0 Å². The number of carbonyl (C=O) groups excluding carboxylic acids is 1. The van der Waals surface area contributed by atoms with E-state index in [4.69, 9.17) is 4.74 Å². The van der Waals surface area contributed by atoms with Crippen LogP contribution < -0.4 is 4.74 Å². The van der Waals surface area contributed by atoms with Gasteiger partial charge in [-0.15, -0.1) is 13.2 Å². The van der Waals surface area contributed by atoms with E-state index < -0.39 is 12.0 Å². The van der Waals surface area contributed by atoms with Gasteiger partial charge in [0.1, 0.15) is 12.4 Å². The fourth-order valence-corrected chi connectivity index (χ4v) is 4.79. The minimum absolute atomic E-state index is 0.151.